The Balaban J connectivity index is 2.19. The summed E-state index contributed by atoms with van der Waals surface area (Å²) in [5, 5.41) is 2.68. The lowest BCUT2D eigenvalue weighted by Gasteiger charge is -2.30. The molecule has 1 heterocycles. The molecule has 1 aliphatic heterocycles. The number of rotatable bonds is 5. The summed E-state index contributed by atoms with van der Waals surface area (Å²) in [6.45, 7) is 4.76. The zero-order chi connectivity index (χ0) is 12.7. The van der Waals surface area contributed by atoms with Crippen molar-refractivity contribution >= 4 is 11.9 Å². The zero-order valence-electron chi connectivity index (χ0n) is 10.7. The minimum absolute atomic E-state index is 0.134. The van der Waals surface area contributed by atoms with Crippen LogP contribution in [0.25, 0.3) is 0 Å². The Hall–Kier alpha value is -1.10. The van der Waals surface area contributed by atoms with E-state index in [1.165, 1.54) is 0 Å². The van der Waals surface area contributed by atoms with Gasteiger partial charge in [-0.3, -0.25) is 9.59 Å². The van der Waals surface area contributed by atoms with Crippen molar-refractivity contribution in [2.75, 3.05) is 33.3 Å². The fraction of sp³-hybridized carbons (Fsp3) is 0.833. The summed E-state index contributed by atoms with van der Waals surface area (Å²) in [5.74, 6) is 0.134. The van der Waals surface area contributed by atoms with Crippen molar-refractivity contribution in [1.82, 2.24) is 10.2 Å². The number of carbonyl (C=O) groups is 2. The van der Waals surface area contributed by atoms with Gasteiger partial charge in [0.25, 0.3) is 0 Å². The molecule has 1 amide bonds. The molecule has 5 nitrogen and oxygen atoms in total. The SMILES string of the molecule is CCOC(=O)CCN1CCC(C(=O)NC)CC1. The second kappa shape index (κ2) is 7.27. The molecule has 1 rings (SSSR count). The number of hydrogen-bond donors (Lipinski definition) is 1. The van der Waals surface area contributed by atoms with Gasteiger partial charge in [0.2, 0.25) is 5.91 Å². The van der Waals surface area contributed by atoms with Gasteiger partial charge in [-0.05, 0) is 32.9 Å². The predicted octanol–water partition coefficient (Wildman–Crippen LogP) is 0.398. The Morgan fingerprint density at radius 1 is 1.35 bits per heavy atom. The molecule has 1 aliphatic rings. The van der Waals surface area contributed by atoms with Gasteiger partial charge >= 0.3 is 5.97 Å². The molecule has 0 spiro atoms. The lowest BCUT2D eigenvalue weighted by molar-refractivity contribution is -0.143. The van der Waals surface area contributed by atoms with Gasteiger partial charge < -0.3 is 15.0 Å². The molecule has 0 radical (unpaired) electrons. The molecule has 17 heavy (non-hydrogen) atoms. The average molecular weight is 242 g/mol. The third kappa shape index (κ3) is 4.73. The van der Waals surface area contributed by atoms with Gasteiger partial charge in [0.15, 0.2) is 0 Å². The standard InChI is InChI=1S/C12H22N2O3/c1-3-17-11(15)6-9-14-7-4-10(5-8-14)12(16)13-2/h10H,3-9H2,1-2H3,(H,13,16). The van der Waals surface area contributed by atoms with Crippen molar-refractivity contribution in [2.45, 2.75) is 26.2 Å². The van der Waals surface area contributed by atoms with Crippen LogP contribution in [0.2, 0.25) is 0 Å². The first-order valence-electron chi connectivity index (χ1n) is 6.27. The second-order valence-electron chi connectivity index (χ2n) is 4.29. The van der Waals surface area contributed by atoms with Crippen LogP contribution in [-0.4, -0.2) is 50.1 Å². The van der Waals surface area contributed by atoms with Crippen LogP contribution in [0.4, 0.5) is 0 Å². The van der Waals surface area contributed by atoms with Crippen molar-refractivity contribution in [2.24, 2.45) is 5.92 Å². The number of esters is 1. The fourth-order valence-corrected chi connectivity index (χ4v) is 2.11. The van der Waals surface area contributed by atoms with E-state index < -0.39 is 0 Å². The van der Waals surface area contributed by atoms with E-state index in [4.69, 9.17) is 4.74 Å². The van der Waals surface area contributed by atoms with Crippen LogP contribution in [-0.2, 0) is 14.3 Å². The first kappa shape index (κ1) is 14.0. The average Bonchev–Trinajstić information content (AvgIpc) is 2.36. The van der Waals surface area contributed by atoms with E-state index in [9.17, 15) is 9.59 Å². The maximum absolute atomic E-state index is 11.4. The van der Waals surface area contributed by atoms with Crippen molar-refractivity contribution in [3.8, 4) is 0 Å². The van der Waals surface area contributed by atoms with Gasteiger partial charge in [-0.1, -0.05) is 0 Å². The third-order valence-corrected chi connectivity index (χ3v) is 3.14. The highest BCUT2D eigenvalue weighted by atomic mass is 16.5. The molecule has 0 atom stereocenters. The fourth-order valence-electron chi connectivity index (χ4n) is 2.11. The molecule has 1 N–H and O–H groups in total. The number of nitrogens with zero attached hydrogens (tertiary/aromatic N) is 1. The molecule has 0 aliphatic carbocycles. The van der Waals surface area contributed by atoms with Gasteiger partial charge in [0, 0.05) is 19.5 Å². The summed E-state index contributed by atoms with van der Waals surface area (Å²) in [6.07, 6.45) is 2.20. The number of hydrogen-bond acceptors (Lipinski definition) is 4. The van der Waals surface area contributed by atoms with Crippen molar-refractivity contribution < 1.29 is 14.3 Å². The largest absolute Gasteiger partial charge is 0.466 e. The smallest absolute Gasteiger partial charge is 0.307 e. The van der Waals surface area contributed by atoms with Gasteiger partial charge in [-0.15, -0.1) is 0 Å². The number of ether oxygens (including phenoxy) is 1. The van der Waals surface area contributed by atoms with Crippen LogP contribution in [0.15, 0.2) is 0 Å². The van der Waals surface area contributed by atoms with Crippen LogP contribution in [0, 0.1) is 5.92 Å². The minimum Gasteiger partial charge on any atom is -0.466 e. The van der Waals surface area contributed by atoms with Crippen molar-refractivity contribution in [1.29, 1.82) is 0 Å². The summed E-state index contributed by atoms with van der Waals surface area (Å²) >= 11 is 0. The first-order chi connectivity index (χ1) is 8.17. The number of likely N-dealkylation sites (tertiary alicyclic amines) is 1. The Morgan fingerprint density at radius 3 is 2.53 bits per heavy atom. The Bertz CT molecular complexity index is 260. The van der Waals surface area contributed by atoms with E-state index in [-0.39, 0.29) is 17.8 Å². The molecule has 0 aromatic heterocycles. The highest BCUT2D eigenvalue weighted by Crippen LogP contribution is 2.17. The Kier molecular flexibility index (Phi) is 5.97. The van der Waals surface area contributed by atoms with E-state index in [2.05, 4.69) is 10.2 Å². The summed E-state index contributed by atoms with van der Waals surface area (Å²) < 4.78 is 4.88. The van der Waals surface area contributed by atoms with Gasteiger partial charge in [-0.25, -0.2) is 0 Å². The van der Waals surface area contributed by atoms with E-state index in [0.717, 1.165) is 32.5 Å². The molecule has 0 bridgehead atoms. The van der Waals surface area contributed by atoms with E-state index in [1.54, 1.807) is 7.05 Å². The number of piperidine rings is 1. The molecular formula is C12H22N2O3. The van der Waals surface area contributed by atoms with E-state index in [1.807, 2.05) is 6.92 Å². The second-order valence-corrected chi connectivity index (χ2v) is 4.29. The molecule has 0 aromatic carbocycles. The van der Waals surface area contributed by atoms with Gasteiger partial charge in [0.1, 0.15) is 0 Å². The van der Waals surface area contributed by atoms with E-state index in [0.29, 0.717) is 13.0 Å². The lowest BCUT2D eigenvalue weighted by atomic mass is 9.96. The molecule has 5 heteroatoms. The number of nitrogens with one attached hydrogen (secondary N) is 1. The summed E-state index contributed by atoms with van der Waals surface area (Å²) in [6, 6.07) is 0. The molecule has 0 aromatic rings. The van der Waals surface area contributed by atoms with Crippen molar-refractivity contribution in [3.63, 3.8) is 0 Å². The van der Waals surface area contributed by atoms with E-state index >= 15 is 0 Å². The third-order valence-electron chi connectivity index (χ3n) is 3.14. The molecule has 98 valence electrons. The molecule has 1 saturated heterocycles. The summed E-state index contributed by atoms with van der Waals surface area (Å²) in [7, 11) is 1.68. The number of carbonyl (C=O) groups excluding carboxylic acids is 2. The lowest BCUT2D eigenvalue weighted by Crippen LogP contribution is -2.40. The maximum Gasteiger partial charge on any atom is 0.307 e. The highest BCUT2D eigenvalue weighted by molar-refractivity contribution is 5.78. The Morgan fingerprint density at radius 2 is 2.00 bits per heavy atom. The zero-order valence-corrected chi connectivity index (χ0v) is 10.7. The molecule has 0 unspecified atom stereocenters. The number of amides is 1. The monoisotopic (exact) mass is 242 g/mol. The topological polar surface area (TPSA) is 58.6 Å². The summed E-state index contributed by atoms with van der Waals surface area (Å²) in [4.78, 5) is 24.8. The molecule has 0 saturated carbocycles. The normalized spacial score (nSPS) is 17.8. The molecule has 1 fully saturated rings. The Labute approximate surface area is 102 Å². The predicted molar refractivity (Wildman–Crippen MR) is 64.5 cm³/mol. The minimum atomic E-state index is -0.138. The van der Waals surface area contributed by atoms with Crippen molar-refractivity contribution in [3.05, 3.63) is 0 Å². The van der Waals surface area contributed by atoms with Crippen LogP contribution >= 0.6 is 0 Å². The van der Waals surface area contributed by atoms with Crippen LogP contribution in [0.5, 0.6) is 0 Å². The first-order valence-corrected chi connectivity index (χ1v) is 6.27. The quantitative estimate of drug-likeness (QED) is 0.709. The van der Waals surface area contributed by atoms with Crippen LogP contribution < -0.4 is 5.32 Å². The highest BCUT2D eigenvalue weighted by Gasteiger charge is 2.24. The van der Waals surface area contributed by atoms with Crippen LogP contribution in [0.1, 0.15) is 26.2 Å². The summed E-state index contributed by atoms with van der Waals surface area (Å²) in [5.41, 5.74) is 0. The van der Waals surface area contributed by atoms with Gasteiger partial charge in [-0.2, -0.15) is 0 Å². The van der Waals surface area contributed by atoms with Crippen LogP contribution in [0.3, 0.4) is 0 Å². The van der Waals surface area contributed by atoms with Gasteiger partial charge in [0.05, 0.1) is 13.0 Å². The molecular weight excluding hydrogens is 220 g/mol. The maximum atomic E-state index is 11.4.